The zero-order valence-corrected chi connectivity index (χ0v) is 9.37. The van der Waals surface area contributed by atoms with Gasteiger partial charge < -0.3 is 5.73 Å². The monoisotopic (exact) mass is 230 g/mol. The van der Waals surface area contributed by atoms with Gasteiger partial charge in [0.15, 0.2) is 4.32 Å². The van der Waals surface area contributed by atoms with Gasteiger partial charge in [-0.25, -0.2) is 0 Å². The Morgan fingerprint density at radius 2 is 2.14 bits per heavy atom. The third kappa shape index (κ3) is 3.30. The van der Waals surface area contributed by atoms with Crippen LogP contribution in [0, 0.1) is 6.92 Å². The number of anilines is 2. The van der Waals surface area contributed by atoms with Gasteiger partial charge in [0.2, 0.25) is 11.9 Å². The van der Waals surface area contributed by atoms with Crippen molar-refractivity contribution in [3.8, 4) is 0 Å². The number of aryl methyl sites for hydroxylation is 1. The van der Waals surface area contributed by atoms with Crippen LogP contribution in [0.25, 0.3) is 0 Å². The Hall–Kier alpha value is -1.15. The van der Waals surface area contributed by atoms with E-state index in [1.165, 1.54) is 11.8 Å². The van der Waals surface area contributed by atoms with Crippen LogP contribution in [0.5, 0.6) is 0 Å². The molecule has 0 radical (unpaired) electrons. The molecule has 0 aliphatic heterocycles. The highest BCUT2D eigenvalue weighted by atomic mass is 32.2. The Morgan fingerprint density at radius 1 is 1.43 bits per heavy atom. The molecule has 0 saturated carbocycles. The second kappa shape index (κ2) is 4.91. The first-order valence-corrected chi connectivity index (χ1v) is 5.33. The molecule has 0 amide bonds. The molecule has 6 nitrogen and oxygen atoms in total. The third-order valence-electron chi connectivity index (χ3n) is 1.23. The summed E-state index contributed by atoms with van der Waals surface area (Å²) in [6.45, 7) is 1.73. The van der Waals surface area contributed by atoms with Crippen molar-refractivity contribution in [2.45, 2.75) is 6.92 Å². The number of nitrogens with zero attached hydrogens (tertiary/aromatic N) is 3. The fourth-order valence-electron chi connectivity index (χ4n) is 0.716. The van der Waals surface area contributed by atoms with E-state index in [2.05, 4.69) is 25.8 Å². The first-order chi connectivity index (χ1) is 6.61. The van der Waals surface area contributed by atoms with Gasteiger partial charge in [0, 0.05) is 0 Å². The van der Waals surface area contributed by atoms with E-state index in [1.54, 1.807) is 6.92 Å². The van der Waals surface area contributed by atoms with Crippen molar-refractivity contribution >= 4 is 40.2 Å². The van der Waals surface area contributed by atoms with Gasteiger partial charge in [0.05, 0.1) is 0 Å². The summed E-state index contributed by atoms with van der Waals surface area (Å²) >= 11 is 6.31. The average Bonchev–Trinajstić information content (AvgIpc) is 2.12. The maximum Gasteiger partial charge on any atom is 0.246 e. The van der Waals surface area contributed by atoms with E-state index < -0.39 is 0 Å². The highest BCUT2D eigenvalue weighted by Gasteiger charge is 2.00. The Balaban J connectivity index is 2.63. The topological polar surface area (TPSA) is 88.8 Å². The quantitative estimate of drug-likeness (QED) is 0.494. The van der Waals surface area contributed by atoms with Crippen molar-refractivity contribution in [1.82, 2.24) is 20.4 Å². The molecule has 76 valence electrons. The fourth-order valence-corrected chi connectivity index (χ4v) is 0.921. The molecular weight excluding hydrogens is 220 g/mol. The van der Waals surface area contributed by atoms with Gasteiger partial charge in [-0.3, -0.25) is 10.9 Å². The summed E-state index contributed by atoms with van der Waals surface area (Å²) in [7, 11) is 0. The molecule has 1 aromatic heterocycles. The van der Waals surface area contributed by atoms with Gasteiger partial charge in [-0.2, -0.15) is 15.0 Å². The number of nitrogens with two attached hydrogens (primary N) is 1. The van der Waals surface area contributed by atoms with E-state index in [0.717, 1.165) is 0 Å². The van der Waals surface area contributed by atoms with Crippen molar-refractivity contribution in [2.24, 2.45) is 0 Å². The molecule has 4 N–H and O–H groups in total. The van der Waals surface area contributed by atoms with Crippen molar-refractivity contribution in [3.63, 3.8) is 0 Å². The van der Waals surface area contributed by atoms with E-state index in [0.29, 0.717) is 16.1 Å². The molecule has 1 rings (SSSR count). The minimum absolute atomic E-state index is 0.178. The van der Waals surface area contributed by atoms with Crippen LogP contribution in [0.2, 0.25) is 0 Å². The molecule has 0 atom stereocenters. The zero-order chi connectivity index (χ0) is 10.6. The van der Waals surface area contributed by atoms with Crippen LogP contribution in [-0.4, -0.2) is 25.5 Å². The molecule has 0 aromatic carbocycles. The van der Waals surface area contributed by atoms with Gasteiger partial charge in [0.25, 0.3) is 0 Å². The standard InChI is InChI=1S/C6H10N6S2/c1-3-8-4(7)10-5(9-3)11-12-6(13)14-2/h1-2H3,(H,12,13)(H3,7,8,9,10,11). The second-order valence-corrected chi connectivity index (χ2v) is 3.79. The van der Waals surface area contributed by atoms with Gasteiger partial charge in [-0.15, -0.1) is 0 Å². The molecule has 0 bridgehead atoms. The van der Waals surface area contributed by atoms with Gasteiger partial charge in [-0.1, -0.05) is 24.0 Å². The lowest BCUT2D eigenvalue weighted by atomic mass is 10.7. The van der Waals surface area contributed by atoms with Crippen molar-refractivity contribution < 1.29 is 0 Å². The molecule has 0 unspecified atom stereocenters. The Kier molecular flexibility index (Phi) is 3.84. The van der Waals surface area contributed by atoms with Gasteiger partial charge in [0.1, 0.15) is 5.82 Å². The van der Waals surface area contributed by atoms with Crippen molar-refractivity contribution in [3.05, 3.63) is 5.82 Å². The number of rotatable bonds is 2. The van der Waals surface area contributed by atoms with E-state index >= 15 is 0 Å². The van der Waals surface area contributed by atoms with Crippen LogP contribution >= 0.6 is 24.0 Å². The summed E-state index contributed by atoms with van der Waals surface area (Å²) in [5, 5.41) is 0. The van der Waals surface area contributed by atoms with Crippen molar-refractivity contribution in [1.29, 1.82) is 0 Å². The third-order valence-corrected chi connectivity index (χ3v) is 2.30. The van der Waals surface area contributed by atoms with E-state index in [9.17, 15) is 0 Å². The Bertz CT molecular complexity index is 321. The molecule has 0 fully saturated rings. The smallest absolute Gasteiger partial charge is 0.246 e. The molecule has 0 aliphatic rings. The Labute approximate surface area is 91.1 Å². The summed E-state index contributed by atoms with van der Waals surface area (Å²) < 4.78 is 0.599. The van der Waals surface area contributed by atoms with E-state index in [1.807, 2.05) is 6.26 Å². The normalized spacial score (nSPS) is 9.57. The number of hydrazine groups is 1. The lowest BCUT2D eigenvalue weighted by Gasteiger charge is -2.07. The largest absolute Gasteiger partial charge is 0.368 e. The Morgan fingerprint density at radius 3 is 2.71 bits per heavy atom. The molecule has 8 heteroatoms. The molecule has 0 aliphatic carbocycles. The zero-order valence-electron chi connectivity index (χ0n) is 7.74. The number of hydrogen-bond donors (Lipinski definition) is 3. The number of nitrogens with one attached hydrogen (secondary N) is 2. The maximum atomic E-state index is 5.43. The minimum Gasteiger partial charge on any atom is -0.368 e. The molecule has 1 aromatic rings. The minimum atomic E-state index is 0.178. The summed E-state index contributed by atoms with van der Waals surface area (Å²) in [6.07, 6.45) is 1.87. The van der Waals surface area contributed by atoms with Gasteiger partial charge >= 0.3 is 0 Å². The summed E-state index contributed by atoms with van der Waals surface area (Å²) in [6, 6.07) is 0. The number of thiocarbonyl (C=S) groups is 1. The number of nitrogen functional groups attached to an aromatic ring is 1. The van der Waals surface area contributed by atoms with Crippen LogP contribution in [0.15, 0.2) is 0 Å². The first kappa shape index (κ1) is 10.9. The number of aromatic nitrogens is 3. The van der Waals surface area contributed by atoms with E-state index in [4.69, 9.17) is 18.0 Å². The maximum absolute atomic E-state index is 5.43. The predicted molar refractivity (Wildman–Crippen MR) is 61.8 cm³/mol. The van der Waals surface area contributed by atoms with Gasteiger partial charge in [-0.05, 0) is 13.2 Å². The lowest BCUT2D eigenvalue weighted by Crippen LogP contribution is -2.26. The van der Waals surface area contributed by atoms with Crippen LogP contribution in [0.4, 0.5) is 11.9 Å². The predicted octanol–water partition coefficient (Wildman–Crippen LogP) is 0.327. The second-order valence-electron chi connectivity index (χ2n) is 2.31. The molecule has 14 heavy (non-hydrogen) atoms. The fraction of sp³-hybridized carbons (Fsp3) is 0.333. The van der Waals surface area contributed by atoms with Crippen LogP contribution in [0.3, 0.4) is 0 Å². The van der Waals surface area contributed by atoms with Crippen LogP contribution in [-0.2, 0) is 0 Å². The number of hydrogen-bond acceptors (Lipinski definition) is 7. The van der Waals surface area contributed by atoms with Crippen molar-refractivity contribution in [2.75, 3.05) is 17.4 Å². The van der Waals surface area contributed by atoms with E-state index in [-0.39, 0.29) is 5.95 Å². The summed E-state index contributed by atoms with van der Waals surface area (Å²) in [5.41, 5.74) is 10.9. The molecule has 0 spiro atoms. The summed E-state index contributed by atoms with van der Waals surface area (Å²) in [4.78, 5) is 11.7. The number of thioether (sulfide) groups is 1. The van der Waals surface area contributed by atoms with Crippen LogP contribution < -0.4 is 16.6 Å². The lowest BCUT2D eigenvalue weighted by molar-refractivity contribution is 0.959. The molecular formula is C6H10N6S2. The molecule has 1 heterocycles. The van der Waals surface area contributed by atoms with Crippen LogP contribution in [0.1, 0.15) is 5.82 Å². The highest BCUT2D eigenvalue weighted by Crippen LogP contribution is 2.01. The SMILES string of the molecule is CSC(=S)NNc1nc(C)nc(N)n1. The molecule has 0 saturated heterocycles. The first-order valence-electron chi connectivity index (χ1n) is 3.70. The summed E-state index contributed by atoms with van der Waals surface area (Å²) in [5.74, 6) is 1.08. The average molecular weight is 230 g/mol. The highest BCUT2D eigenvalue weighted by molar-refractivity contribution is 8.22.